The lowest BCUT2D eigenvalue weighted by atomic mass is 10.2. The topological polar surface area (TPSA) is 55.6 Å². The molecule has 4 nitrogen and oxygen atoms in total. The average Bonchev–Trinajstić information content (AvgIpc) is 2.43. The summed E-state index contributed by atoms with van der Waals surface area (Å²) in [6.07, 6.45) is 9.63. The number of hydrogen-bond acceptors (Lipinski definition) is 4. The monoisotopic (exact) mass is 268 g/mol. The van der Waals surface area contributed by atoms with E-state index in [4.69, 9.17) is 10.5 Å². The van der Waals surface area contributed by atoms with E-state index in [0.29, 0.717) is 6.61 Å². The molecule has 0 amide bonds. The molecule has 0 aromatic carbocycles. The van der Waals surface area contributed by atoms with Crippen molar-refractivity contribution in [2.45, 2.75) is 46.5 Å². The number of hydrogen-bond donors (Lipinski definition) is 1. The standard InChI is InChI=1S/C15H28N2O2/c1-4-7-8-9-13-19-15(18)14(16)11-10-12-17(5-2)6-3/h10-12H,4-9,13,16H2,1-3H3/b12-10+,14-11+. The van der Waals surface area contributed by atoms with Gasteiger partial charge in [0.25, 0.3) is 0 Å². The van der Waals surface area contributed by atoms with E-state index < -0.39 is 5.97 Å². The molecule has 0 heterocycles. The molecule has 0 radical (unpaired) electrons. The van der Waals surface area contributed by atoms with E-state index in [1.165, 1.54) is 12.8 Å². The lowest BCUT2D eigenvalue weighted by Gasteiger charge is -2.13. The molecule has 0 saturated heterocycles. The highest BCUT2D eigenvalue weighted by Crippen LogP contribution is 2.00. The zero-order valence-electron chi connectivity index (χ0n) is 12.5. The molecule has 2 N–H and O–H groups in total. The fourth-order valence-corrected chi connectivity index (χ4v) is 1.55. The van der Waals surface area contributed by atoms with Gasteiger partial charge in [-0.15, -0.1) is 0 Å². The Balaban J connectivity index is 3.97. The van der Waals surface area contributed by atoms with Gasteiger partial charge < -0.3 is 15.4 Å². The first-order valence-corrected chi connectivity index (χ1v) is 7.20. The van der Waals surface area contributed by atoms with Crippen LogP contribution in [-0.4, -0.2) is 30.6 Å². The van der Waals surface area contributed by atoms with Crippen molar-refractivity contribution in [2.75, 3.05) is 19.7 Å². The van der Waals surface area contributed by atoms with E-state index >= 15 is 0 Å². The van der Waals surface area contributed by atoms with Crippen LogP contribution in [0.3, 0.4) is 0 Å². The summed E-state index contributed by atoms with van der Waals surface area (Å²) in [5, 5.41) is 0. The summed E-state index contributed by atoms with van der Waals surface area (Å²) in [6.45, 7) is 8.62. The number of nitrogens with zero attached hydrogens (tertiary/aromatic N) is 1. The molecule has 0 aromatic heterocycles. The minimum atomic E-state index is -0.430. The molecule has 0 aliphatic rings. The van der Waals surface area contributed by atoms with Crippen LogP contribution in [0.15, 0.2) is 24.0 Å². The largest absolute Gasteiger partial charge is 0.461 e. The van der Waals surface area contributed by atoms with Crippen molar-refractivity contribution < 1.29 is 9.53 Å². The molecule has 4 heteroatoms. The number of allylic oxidation sites excluding steroid dienone is 2. The maximum Gasteiger partial charge on any atom is 0.354 e. The smallest absolute Gasteiger partial charge is 0.354 e. The number of carbonyl (C=O) groups excluding carboxylic acids is 1. The maximum atomic E-state index is 11.5. The predicted molar refractivity (Wildman–Crippen MR) is 79.4 cm³/mol. The van der Waals surface area contributed by atoms with Gasteiger partial charge in [0, 0.05) is 13.1 Å². The Kier molecular flexibility index (Phi) is 10.7. The Bertz CT molecular complexity index is 295. The fourth-order valence-electron chi connectivity index (χ4n) is 1.55. The van der Waals surface area contributed by atoms with Gasteiger partial charge in [0.1, 0.15) is 5.70 Å². The van der Waals surface area contributed by atoms with E-state index in [-0.39, 0.29) is 5.70 Å². The molecule has 0 spiro atoms. The third-order valence-corrected chi connectivity index (χ3v) is 2.85. The summed E-state index contributed by atoms with van der Waals surface area (Å²) in [5.74, 6) is -0.430. The lowest BCUT2D eigenvalue weighted by molar-refractivity contribution is -0.139. The second-order valence-corrected chi connectivity index (χ2v) is 4.38. The highest BCUT2D eigenvalue weighted by atomic mass is 16.5. The summed E-state index contributed by atoms with van der Waals surface area (Å²) in [5.41, 5.74) is 5.80. The molecule has 19 heavy (non-hydrogen) atoms. The zero-order chi connectivity index (χ0) is 14.5. The summed E-state index contributed by atoms with van der Waals surface area (Å²) >= 11 is 0. The first-order chi connectivity index (χ1) is 9.15. The Labute approximate surface area is 117 Å². The number of carbonyl (C=O) groups is 1. The van der Waals surface area contributed by atoms with E-state index in [9.17, 15) is 4.79 Å². The van der Waals surface area contributed by atoms with Crippen molar-refractivity contribution in [3.05, 3.63) is 24.0 Å². The quantitative estimate of drug-likeness (QED) is 0.286. The first kappa shape index (κ1) is 17.6. The van der Waals surface area contributed by atoms with Crippen molar-refractivity contribution in [1.29, 1.82) is 0 Å². The first-order valence-electron chi connectivity index (χ1n) is 7.20. The SMILES string of the molecule is CCCCCCOC(=O)/C(N)=C\C=C\N(CC)CC. The molecule has 0 aromatic rings. The summed E-state index contributed by atoms with van der Waals surface area (Å²) in [7, 11) is 0. The van der Waals surface area contributed by atoms with Crippen LogP contribution in [0.2, 0.25) is 0 Å². The van der Waals surface area contributed by atoms with Gasteiger partial charge in [-0.05, 0) is 38.6 Å². The molecule has 110 valence electrons. The highest BCUT2D eigenvalue weighted by Gasteiger charge is 2.04. The van der Waals surface area contributed by atoms with Crippen molar-refractivity contribution >= 4 is 5.97 Å². The molecule has 0 fully saturated rings. The third kappa shape index (κ3) is 9.17. The molecule has 0 saturated carbocycles. The van der Waals surface area contributed by atoms with Gasteiger partial charge in [-0.2, -0.15) is 0 Å². The van der Waals surface area contributed by atoms with Gasteiger partial charge in [0.05, 0.1) is 6.61 Å². The molecule has 0 rings (SSSR count). The molecular weight excluding hydrogens is 240 g/mol. The van der Waals surface area contributed by atoms with Crippen LogP contribution in [0.25, 0.3) is 0 Å². The van der Waals surface area contributed by atoms with Gasteiger partial charge in [0.2, 0.25) is 0 Å². The Hall–Kier alpha value is -1.45. The second-order valence-electron chi connectivity index (χ2n) is 4.38. The summed E-state index contributed by atoms with van der Waals surface area (Å²) in [4.78, 5) is 13.6. The van der Waals surface area contributed by atoms with E-state index in [2.05, 4.69) is 25.7 Å². The number of esters is 1. The lowest BCUT2D eigenvalue weighted by Crippen LogP contribution is -2.16. The number of nitrogens with two attached hydrogens (primary N) is 1. The Morgan fingerprint density at radius 2 is 1.84 bits per heavy atom. The minimum absolute atomic E-state index is 0.152. The fraction of sp³-hybridized carbons (Fsp3) is 0.667. The molecular formula is C15H28N2O2. The van der Waals surface area contributed by atoms with Crippen molar-refractivity contribution in [3.63, 3.8) is 0 Å². The van der Waals surface area contributed by atoms with Crippen LogP contribution in [0.5, 0.6) is 0 Å². The van der Waals surface area contributed by atoms with Gasteiger partial charge in [-0.3, -0.25) is 0 Å². The number of rotatable bonds is 10. The van der Waals surface area contributed by atoms with Crippen LogP contribution in [0, 0.1) is 0 Å². The molecule has 0 atom stereocenters. The predicted octanol–water partition coefficient (Wildman–Crippen LogP) is 2.81. The Morgan fingerprint density at radius 3 is 2.42 bits per heavy atom. The van der Waals surface area contributed by atoms with E-state index in [0.717, 1.165) is 25.9 Å². The third-order valence-electron chi connectivity index (χ3n) is 2.85. The summed E-state index contributed by atoms with van der Waals surface area (Å²) in [6, 6.07) is 0. The summed E-state index contributed by atoms with van der Waals surface area (Å²) < 4.78 is 5.08. The van der Waals surface area contributed by atoms with Crippen molar-refractivity contribution in [1.82, 2.24) is 4.90 Å². The van der Waals surface area contributed by atoms with Crippen LogP contribution in [0.4, 0.5) is 0 Å². The van der Waals surface area contributed by atoms with Crippen molar-refractivity contribution in [3.8, 4) is 0 Å². The van der Waals surface area contributed by atoms with Gasteiger partial charge >= 0.3 is 5.97 Å². The van der Waals surface area contributed by atoms with Crippen molar-refractivity contribution in [2.24, 2.45) is 5.73 Å². The maximum absolute atomic E-state index is 11.5. The van der Waals surface area contributed by atoms with Crippen LogP contribution < -0.4 is 5.73 Å². The van der Waals surface area contributed by atoms with E-state index in [1.807, 2.05) is 6.20 Å². The number of ether oxygens (including phenoxy) is 1. The number of unbranched alkanes of at least 4 members (excludes halogenated alkanes) is 3. The molecule has 0 aliphatic carbocycles. The van der Waals surface area contributed by atoms with Crippen LogP contribution in [0.1, 0.15) is 46.5 Å². The van der Waals surface area contributed by atoms with E-state index in [1.54, 1.807) is 12.2 Å². The molecule has 0 aliphatic heterocycles. The second kappa shape index (κ2) is 11.6. The Morgan fingerprint density at radius 1 is 1.16 bits per heavy atom. The average molecular weight is 268 g/mol. The molecule has 0 bridgehead atoms. The molecule has 0 unspecified atom stereocenters. The van der Waals surface area contributed by atoms with Gasteiger partial charge in [-0.1, -0.05) is 26.2 Å². The van der Waals surface area contributed by atoms with Gasteiger partial charge in [0.15, 0.2) is 0 Å². The highest BCUT2D eigenvalue weighted by molar-refractivity contribution is 5.87. The van der Waals surface area contributed by atoms with Gasteiger partial charge in [-0.25, -0.2) is 4.79 Å². The zero-order valence-corrected chi connectivity index (χ0v) is 12.5. The minimum Gasteiger partial charge on any atom is -0.461 e. The van der Waals surface area contributed by atoms with Crippen LogP contribution >= 0.6 is 0 Å². The normalized spacial score (nSPS) is 11.8. The van der Waals surface area contributed by atoms with Crippen LogP contribution in [-0.2, 0) is 9.53 Å².